The Morgan fingerprint density at radius 1 is 0.891 bits per heavy atom. The summed E-state index contributed by atoms with van der Waals surface area (Å²) in [6.45, 7) is 18.7. The van der Waals surface area contributed by atoms with Gasteiger partial charge in [-0.1, -0.05) is 47.6 Å². The second-order valence-corrected chi connectivity index (χ2v) is 13.0. The van der Waals surface area contributed by atoms with Gasteiger partial charge in [-0.3, -0.25) is 24.0 Å². The second kappa shape index (κ2) is 19.1. The first-order valence-corrected chi connectivity index (χ1v) is 15.5. The van der Waals surface area contributed by atoms with Gasteiger partial charge in [0.15, 0.2) is 0 Å². The monoisotopic (exact) mass is 662 g/mol. The lowest BCUT2D eigenvalue weighted by Crippen LogP contribution is -2.62. The van der Waals surface area contributed by atoms with Crippen molar-refractivity contribution >= 4 is 35.4 Å². The Hall–Kier alpha value is -3.65. The van der Waals surface area contributed by atoms with Crippen molar-refractivity contribution in [1.29, 1.82) is 0 Å². The number of ketones is 1. The molecule has 15 heteroatoms. The summed E-state index contributed by atoms with van der Waals surface area (Å²) in [6.07, 6.45) is -5.65. The van der Waals surface area contributed by atoms with E-state index in [0.717, 1.165) is 0 Å². The molecule has 0 heterocycles. The predicted octanol–water partition coefficient (Wildman–Crippen LogP) is 2.82. The Bertz CT molecular complexity index is 1070. The fourth-order valence-corrected chi connectivity index (χ4v) is 4.32. The Kier molecular flexibility index (Phi) is 17.6. The van der Waals surface area contributed by atoms with Crippen LogP contribution in [0.4, 0.5) is 18.0 Å². The number of amides is 6. The topological polar surface area (TPSA) is 166 Å². The zero-order valence-electron chi connectivity index (χ0n) is 28.5. The van der Waals surface area contributed by atoms with Crippen molar-refractivity contribution in [3.63, 3.8) is 0 Å². The van der Waals surface area contributed by atoms with Crippen molar-refractivity contribution in [2.75, 3.05) is 19.6 Å². The molecule has 0 saturated carbocycles. The van der Waals surface area contributed by atoms with Crippen LogP contribution in [0.15, 0.2) is 12.7 Å². The van der Waals surface area contributed by atoms with E-state index in [2.05, 4.69) is 33.2 Å². The minimum absolute atomic E-state index is 0.0323. The van der Waals surface area contributed by atoms with Crippen LogP contribution in [0.2, 0.25) is 0 Å². The maximum Gasteiger partial charge on any atom is 0.389 e. The fraction of sp³-hybridized carbons (Fsp3) is 0.742. The van der Waals surface area contributed by atoms with E-state index in [4.69, 9.17) is 0 Å². The van der Waals surface area contributed by atoms with E-state index in [9.17, 15) is 41.9 Å². The van der Waals surface area contributed by atoms with Crippen LogP contribution in [0.1, 0.15) is 81.6 Å². The van der Waals surface area contributed by atoms with Gasteiger partial charge in [-0.05, 0) is 50.9 Å². The molecule has 0 fully saturated rings. The number of carbonyl (C=O) groups is 6. The van der Waals surface area contributed by atoms with Gasteiger partial charge in [0.2, 0.25) is 23.5 Å². The number of nitrogens with zero attached hydrogens (tertiary/aromatic N) is 1. The smallest absolute Gasteiger partial charge is 0.352 e. The van der Waals surface area contributed by atoms with Crippen molar-refractivity contribution in [2.45, 2.75) is 112 Å². The van der Waals surface area contributed by atoms with Gasteiger partial charge in [-0.15, -0.1) is 6.58 Å². The summed E-state index contributed by atoms with van der Waals surface area (Å²) >= 11 is 0. The minimum atomic E-state index is -4.67. The molecule has 0 radical (unpaired) electrons. The third-order valence-corrected chi connectivity index (χ3v) is 7.26. The number of hydrogen-bond acceptors (Lipinski definition) is 6. The summed E-state index contributed by atoms with van der Waals surface area (Å²) in [5, 5.41) is 12.1. The molecule has 0 bridgehead atoms. The molecular weight excluding hydrogens is 609 g/mol. The van der Waals surface area contributed by atoms with Gasteiger partial charge >= 0.3 is 12.2 Å². The van der Waals surface area contributed by atoms with Crippen LogP contribution in [0.3, 0.4) is 0 Å². The van der Waals surface area contributed by atoms with Crippen molar-refractivity contribution in [3.05, 3.63) is 12.7 Å². The summed E-state index contributed by atoms with van der Waals surface area (Å²) in [5.74, 6) is -4.59. The molecule has 0 aliphatic carbocycles. The molecule has 0 aromatic rings. The maximum absolute atomic E-state index is 14.1. The number of urea groups is 1. The Morgan fingerprint density at radius 2 is 1.48 bits per heavy atom. The van der Waals surface area contributed by atoms with Gasteiger partial charge in [0, 0.05) is 25.6 Å². The number of halogens is 3. The number of alkyl halides is 3. The highest BCUT2D eigenvalue weighted by Crippen LogP contribution is 2.26. The van der Waals surface area contributed by atoms with Gasteiger partial charge in [0.1, 0.15) is 12.1 Å². The van der Waals surface area contributed by atoms with E-state index in [1.54, 1.807) is 41.5 Å². The van der Waals surface area contributed by atoms with Crippen LogP contribution in [0.5, 0.6) is 0 Å². The molecule has 0 aliphatic heterocycles. The first-order chi connectivity index (χ1) is 21.0. The number of carbonyl (C=O) groups excluding carboxylic acids is 6. The summed E-state index contributed by atoms with van der Waals surface area (Å²) in [4.78, 5) is 79.1. The molecule has 4 unspecified atom stereocenters. The largest absolute Gasteiger partial charge is 0.389 e. The molecule has 0 spiro atoms. The molecule has 4 atom stereocenters. The fourth-order valence-electron chi connectivity index (χ4n) is 4.32. The maximum atomic E-state index is 14.1. The Morgan fingerprint density at radius 3 is 1.93 bits per heavy atom. The van der Waals surface area contributed by atoms with Crippen LogP contribution < -0.4 is 26.6 Å². The van der Waals surface area contributed by atoms with E-state index in [1.807, 2.05) is 20.8 Å². The normalized spacial score (nSPS) is 14.4. The first kappa shape index (κ1) is 42.3. The molecule has 5 N–H and O–H groups in total. The minimum Gasteiger partial charge on any atom is -0.352 e. The zero-order valence-corrected chi connectivity index (χ0v) is 28.5. The molecule has 0 aliphatic rings. The molecule has 6 amide bonds. The Balaban J connectivity index is 6.44. The van der Waals surface area contributed by atoms with Crippen LogP contribution in [0.25, 0.3) is 0 Å². The molecule has 264 valence electrons. The predicted molar refractivity (Wildman–Crippen MR) is 168 cm³/mol. The van der Waals surface area contributed by atoms with Crippen molar-refractivity contribution in [3.8, 4) is 0 Å². The lowest BCUT2D eigenvalue weighted by Gasteiger charge is -2.39. The third kappa shape index (κ3) is 15.6. The lowest BCUT2D eigenvalue weighted by molar-refractivity contribution is -0.148. The van der Waals surface area contributed by atoms with Crippen LogP contribution in [-0.2, 0) is 24.0 Å². The van der Waals surface area contributed by atoms with Gasteiger partial charge < -0.3 is 31.5 Å². The molecular formula is C31H53F3N6O6. The summed E-state index contributed by atoms with van der Waals surface area (Å²) in [6, 6.07) is -5.23. The summed E-state index contributed by atoms with van der Waals surface area (Å²) in [7, 11) is 0. The van der Waals surface area contributed by atoms with Crippen molar-refractivity contribution in [1.82, 2.24) is 31.5 Å². The van der Waals surface area contributed by atoms with E-state index >= 15 is 0 Å². The zero-order chi connectivity index (χ0) is 36.0. The van der Waals surface area contributed by atoms with E-state index in [-0.39, 0.29) is 43.9 Å². The number of likely N-dealkylation sites (N-methyl/N-ethyl adjacent to an activating group) is 1. The van der Waals surface area contributed by atoms with E-state index in [1.165, 1.54) is 11.0 Å². The van der Waals surface area contributed by atoms with Gasteiger partial charge in [-0.2, -0.15) is 13.2 Å². The van der Waals surface area contributed by atoms with Crippen LogP contribution in [-0.4, -0.2) is 90.3 Å². The summed E-state index contributed by atoms with van der Waals surface area (Å²) in [5.41, 5.74) is -0.888. The van der Waals surface area contributed by atoms with Gasteiger partial charge in [0.25, 0.3) is 5.91 Å². The first-order valence-electron chi connectivity index (χ1n) is 15.5. The number of nitrogens with one attached hydrogen (secondary N) is 5. The molecule has 0 rings (SSSR count). The van der Waals surface area contributed by atoms with Crippen LogP contribution >= 0.6 is 0 Å². The average Bonchev–Trinajstić information content (AvgIpc) is 2.93. The van der Waals surface area contributed by atoms with Crippen molar-refractivity contribution in [2.24, 2.45) is 17.3 Å². The number of hydrogen-bond donors (Lipinski definition) is 5. The molecule has 0 aromatic carbocycles. The second-order valence-electron chi connectivity index (χ2n) is 13.0. The Labute approximate surface area is 270 Å². The molecule has 46 heavy (non-hydrogen) atoms. The van der Waals surface area contributed by atoms with Gasteiger partial charge in [-0.25, -0.2) is 4.79 Å². The molecule has 0 aromatic heterocycles. The number of Topliss-reactive ketones (excluding diaryl/α,β-unsaturated/α-hetero) is 1. The third-order valence-electron chi connectivity index (χ3n) is 7.26. The number of rotatable bonds is 18. The highest BCUT2D eigenvalue weighted by Gasteiger charge is 2.41. The standard InChI is InChI=1S/C31H53F3N6O6/c1-11-15-35-27(44)24(42)21(13-14-31(32,33)34)38-26(43)22(16-20(7)18(3)4)40(12-2)28(45)25(30(8,9)10)39-29(46)36-17-23(41)37-19(5)6/h11,18-22,25H,1,12-17H2,2-10H3,(H,35,44)(H,37,41)(H,38,43)(H2,36,39,46). The van der Waals surface area contributed by atoms with Crippen molar-refractivity contribution < 1.29 is 41.9 Å². The quantitative estimate of drug-likeness (QED) is 0.112. The highest BCUT2D eigenvalue weighted by atomic mass is 19.4. The average molecular weight is 663 g/mol. The lowest BCUT2D eigenvalue weighted by atomic mass is 9.84. The van der Waals surface area contributed by atoms with E-state index in [0.29, 0.717) is 0 Å². The molecule has 0 saturated heterocycles. The van der Waals surface area contributed by atoms with Crippen LogP contribution in [0, 0.1) is 17.3 Å². The van der Waals surface area contributed by atoms with E-state index < -0.39 is 78.0 Å². The highest BCUT2D eigenvalue weighted by molar-refractivity contribution is 6.38. The summed E-state index contributed by atoms with van der Waals surface area (Å²) < 4.78 is 39.4. The van der Waals surface area contributed by atoms with Gasteiger partial charge in [0.05, 0.1) is 12.6 Å². The SMILES string of the molecule is C=CCNC(=O)C(=O)C(CCC(F)(F)F)NC(=O)C(CC(C)C(C)C)N(CC)C(=O)C(NC(=O)NCC(=O)NC(C)C)C(C)(C)C. The molecule has 12 nitrogen and oxygen atoms in total.